The average Bonchev–Trinajstić information content (AvgIpc) is 2.24. The topological polar surface area (TPSA) is 46.5 Å². The van der Waals surface area contributed by atoms with Gasteiger partial charge in [-0.2, -0.15) is 0 Å². The number of hydrogen-bond acceptors (Lipinski definition) is 2. The second-order valence-electron chi connectivity index (χ2n) is 6.49. The van der Waals surface area contributed by atoms with Crippen LogP contribution in [0.25, 0.3) is 0 Å². The first kappa shape index (κ1) is 18.6. The molecule has 0 radical (unpaired) electrons. The molecule has 0 aliphatic rings. The van der Waals surface area contributed by atoms with Gasteiger partial charge in [0.2, 0.25) is 8.32 Å². The second kappa shape index (κ2) is 7.43. The average molecular weight is 289 g/mol. The summed E-state index contributed by atoms with van der Waals surface area (Å²) in [6.07, 6.45) is 0.413. The van der Waals surface area contributed by atoms with Gasteiger partial charge in [-0.05, 0) is 30.0 Å². The lowest BCUT2D eigenvalue weighted by molar-refractivity contribution is -0.145. The molecule has 0 rings (SSSR count). The highest BCUT2D eigenvalue weighted by Gasteiger charge is 2.47. The van der Waals surface area contributed by atoms with E-state index in [9.17, 15) is 9.90 Å². The van der Waals surface area contributed by atoms with Gasteiger partial charge >= 0.3 is 5.97 Å². The third kappa shape index (κ3) is 4.05. The van der Waals surface area contributed by atoms with Gasteiger partial charge in [-0.3, -0.25) is 4.79 Å². The summed E-state index contributed by atoms with van der Waals surface area (Å²) in [6.45, 7) is 17.2. The van der Waals surface area contributed by atoms with E-state index in [-0.39, 0.29) is 6.10 Å². The van der Waals surface area contributed by atoms with Crippen LogP contribution >= 0.6 is 0 Å². The Hall–Kier alpha value is -0.353. The molecule has 0 aromatic heterocycles. The van der Waals surface area contributed by atoms with Crippen LogP contribution in [0, 0.1) is 5.92 Å². The van der Waals surface area contributed by atoms with Gasteiger partial charge in [-0.15, -0.1) is 0 Å². The summed E-state index contributed by atoms with van der Waals surface area (Å²) < 4.78 is 6.49. The smallest absolute Gasteiger partial charge is 0.309 e. The number of carboxylic acids is 1. The molecule has 19 heavy (non-hydrogen) atoms. The highest BCUT2D eigenvalue weighted by Crippen LogP contribution is 2.43. The van der Waals surface area contributed by atoms with Crippen LogP contribution < -0.4 is 0 Å². The van der Waals surface area contributed by atoms with Crippen molar-refractivity contribution in [1.29, 1.82) is 0 Å². The van der Waals surface area contributed by atoms with E-state index in [4.69, 9.17) is 4.43 Å². The number of carboxylic acid groups (broad SMARTS) is 1. The molecule has 0 fully saturated rings. The van der Waals surface area contributed by atoms with Crippen LogP contribution in [0.15, 0.2) is 0 Å². The van der Waals surface area contributed by atoms with Crippen LogP contribution in [0.2, 0.25) is 16.6 Å². The Labute approximate surface area is 119 Å². The molecule has 0 amide bonds. The van der Waals surface area contributed by atoms with Gasteiger partial charge in [0.05, 0.1) is 12.0 Å². The molecule has 2 atom stereocenters. The monoisotopic (exact) mass is 288 g/mol. The first-order valence-corrected chi connectivity index (χ1v) is 9.65. The summed E-state index contributed by atoms with van der Waals surface area (Å²) in [4.78, 5) is 11.3. The normalized spacial score (nSPS) is 16.2. The van der Waals surface area contributed by atoms with Crippen LogP contribution in [-0.2, 0) is 9.22 Å². The molecule has 0 aliphatic carbocycles. The number of aliphatic carboxylic acids is 1. The fourth-order valence-electron chi connectivity index (χ4n) is 3.52. The fourth-order valence-corrected chi connectivity index (χ4v) is 9.14. The molecule has 0 aliphatic heterocycles. The molecule has 0 saturated carbocycles. The maximum atomic E-state index is 11.3. The summed E-state index contributed by atoms with van der Waals surface area (Å²) in [5.74, 6) is -1.14. The van der Waals surface area contributed by atoms with Crippen molar-refractivity contribution in [3.63, 3.8) is 0 Å². The van der Waals surface area contributed by atoms with Crippen LogP contribution in [-0.4, -0.2) is 25.5 Å². The molecule has 4 heteroatoms. The highest BCUT2D eigenvalue weighted by molar-refractivity contribution is 6.77. The molecule has 0 aromatic carbocycles. The second-order valence-corrected chi connectivity index (χ2v) is 11.9. The van der Waals surface area contributed by atoms with Crippen molar-refractivity contribution in [3.05, 3.63) is 0 Å². The molecule has 3 nitrogen and oxygen atoms in total. The van der Waals surface area contributed by atoms with Crippen LogP contribution in [0.4, 0.5) is 0 Å². The first-order valence-electron chi connectivity index (χ1n) is 7.51. The largest absolute Gasteiger partial charge is 0.481 e. The predicted octanol–water partition coefficient (Wildman–Crippen LogP) is 4.68. The molecule has 0 heterocycles. The fraction of sp³-hybridized carbons (Fsp3) is 0.933. The third-order valence-corrected chi connectivity index (χ3v) is 10.6. The van der Waals surface area contributed by atoms with Crippen molar-refractivity contribution in [2.75, 3.05) is 0 Å². The van der Waals surface area contributed by atoms with Crippen molar-refractivity contribution in [2.45, 2.75) is 84.5 Å². The predicted molar refractivity (Wildman–Crippen MR) is 83.0 cm³/mol. The zero-order chi connectivity index (χ0) is 15.4. The van der Waals surface area contributed by atoms with Gasteiger partial charge in [0.15, 0.2) is 0 Å². The Balaban J connectivity index is 5.28. The Morgan fingerprint density at radius 2 is 1.37 bits per heavy atom. The SMILES string of the molecule is CC[C@@H](C(=O)O)C(C)O[Si](C(C)C)(C(C)C)C(C)C. The van der Waals surface area contributed by atoms with Gasteiger partial charge in [0, 0.05) is 0 Å². The standard InChI is InChI=1S/C15H32O3Si/c1-9-14(15(16)17)13(8)18-19(10(2)3,11(4)5)12(6)7/h10-14H,9H2,1-8H3,(H,16,17)/t13?,14-/m1/s1. The summed E-state index contributed by atoms with van der Waals surface area (Å²) in [7, 11) is -1.98. The van der Waals surface area contributed by atoms with E-state index in [2.05, 4.69) is 41.5 Å². The Bertz CT molecular complexity index is 265. The van der Waals surface area contributed by atoms with E-state index in [0.29, 0.717) is 23.0 Å². The van der Waals surface area contributed by atoms with Crippen LogP contribution in [0.1, 0.15) is 61.8 Å². The molecular weight excluding hydrogens is 256 g/mol. The van der Waals surface area contributed by atoms with Crippen molar-refractivity contribution >= 4 is 14.3 Å². The van der Waals surface area contributed by atoms with Crippen molar-refractivity contribution < 1.29 is 14.3 Å². The molecule has 0 bridgehead atoms. The third-order valence-electron chi connectivity index (χ3n) is 4.42. The van der Waals surface area contributed by atoms with Crippen LogP contribution in [0.5, 0.6) is 0 Å². The van der Waals surface area contributed by atoms with Crippen LogP contribution in [0.3, 0.4) is 0 Å². The zero-order valence-corrected chi connectivity index (χ0v) is 14.9. The van der Waals surface area contributed by atoms with E-state index < -0.39 is 20.2 Å². The molecule has 0 saturated heterocycles. The lowest BCUT2D eigenvalue weighted by atomic mass is 10.0. The maximum Gasteiger partial charge on any atom is 0.309 e. The number of rotatable bonds is 8. The summed E-state index contributed by atoms with van der Waals surface area (Å²) in [5, 5.41) is 9.29. The van der Waals surface area contributed by atoms with Gasteiger partial charge in [0.25, 0.3) is 0 Å². The minimum Gasteiger partial charge on any atom is -0.481 e. The minimum absolute atomic E-state index is 0.207. The van der Waals surface area contributed by atoms with Crippen molar-refractivity contribution in [1.82, 2.24) is 0 Å². The van der Waals surface area contributed by atoms with Gasteiger partial charge in [-0.1, -0.05) is 48.5 Å². The van der Waals surface area contributed by atoms with E-state index in [0.717, 1.165) is 0 Å². The summed E-state index contributed by atoms with van der Waals surface area (Å²) in [5.41, 5.74) is 1.46. The molecule has 1 N–H and O–H groups in total. The molecule has 1 unspecified atom stereocenters. The minimum atomic E-state index is -1.98. The van der Waals surface area contributed by atoms with Gasteiger partial charge < -0.3 is 9.53 Å². The van der Waals surface area contributed by atoms with Crippen molar-refractivity contribution in [3.8, 4) is 0 Å². The molecule has 114 valence electrons. The molecule has 0 spiro atoms. The van der Waals surface area contributed by atoms with Gasteiger partial charge in [0.1, 0.15) is 0 Å². The highest BCUT2D eigenvalue weighted by atomic mass is 28.4. The van der Waals surface area contributed by atoms with E-state index in [1.54, 1.807) is 0 Å². The molecule has 0 aromatic rings. The number of hydrogen-bond donors (Lipinski definition) is 1. The van der Waals surface area contributed by atoms with Crippen molar-refractivity contribution in [2.24, 2.45) is 5.92 Å². The lowest BCUT2D eigenvalue weighted by Crippen LogP contribution is -2.51. The summed E-state index contributed by atoms with van der Waals surface area (Å²) in [6, 6.07) is 0. The Morgan fingerprint density at radius 3 is 1.58 bits per heavy atom. The molecular formula is C15H32O3Si. The maximum absolute atomic E-state index is 11.3. The lowest BCUT2D eigenvalue weighted by Gasteiger charge is -2.45. The van der Waals surface area contributed by atoms with E-state index >= 15 is 0 Å². The van der Waals surface area contributed by atoms with Gasteiger partial charge in [-0.25, -0.2) is 0 Å². The summed E-state index contributed by atoms with van der Waals surface area (Å²) >= 11 is 0. The number of carbonyl (C=O) groups is 1. The first-order chi connectivity index (χ1) is 8.61. The quantitative estimate of drug-likeness (QED) is 0.660. The Kier molecular flexibility index (Phi) is 7.30. The zero-order valence-electron chi connectivity index (χ0n) is 13.9. The van der Waals surface area contributed by atoms with E-state index in [1.165, 1.54) is 0 Å². The Morgan fingerprint density at radius 1 is 1.00 bits per heavy atom. The van der Waals surface area contributed by atoms with E-state index in [1.807, 2.05) is 13.8 Å².